The SMILES string of the molecule is CCCC(COC)NS(=O)(=O)c1ccc([N+](=O)[O-])cc1N. The molecular weight excluding hydrogens is 298 g/mol. The molecule has 1 rings (SSSR count). The quantitative estimate of drug-likeness (QED) is 0.422. The van der Waals surface area contributed by atoms with E-state index in [1.54, 1.807) is 0 Å². The lowest BCUT2D eigenvalue weighted by molar-refractivity contribution is -0.384. The zero-order valence-corrected chi connectivity index (χ0v) is 12.7. The van der Waals surface area contributed by atoms with E-state index >= 15 is 0 Å². The van der Waals surface area contributed by atoms with Crippen molar-refractivity contribution in [1.29, 1.82) is 0 Å². The summed E-state index contributed by atoms with van der Waals surface area (Å²) >= 11 is 0. The average molecular weight is 317 g/mol. The van der Waals surface area contributed by atoms with Crippen LogP contribution in [0.15, 0.2) is 23.1 Å². The first-order valence-corrected chi connectivity index (χ1v) is 7.85. The van der Waals surface area contributed by atoms with E-state index in [-0.39, 0.29) is 28.9 Å². The number of hydrogen-bond acceptors (Lipinski definition) is 6. The van der Waals surface area contributed by atoms with Gasteiger partial charge in [0, 0.05) is 25.3 Å². The minimum absolute atomic E-state index is 0.163. The maximum absolute atomic E-state index is 12.3. The molecule has 0 saturated heterocycles. The van der Waals surface area contributed by atoms with Gasteiger partial charge in [-0.15, -0.1) is 0 Å². The number of non-ortho nitro benzene ring substituents is 1. The van der Waals surface area contributed by atoms with Crippen molar-refractivity contribution >= 4 is 21.4 Å². The molecule has 1 atom stereocenters. The number of anilines is 1. The van der Waals surface area contributed by atoms with Gasteiger partial charge in [-0.2, -0.15) is 0 Å². The second kappa shape index (κ2) is 7.34. The highest BCUT2D eigenvalue weighted by Crippen LogP contribution is 2.24. The summed E-state index contributed by atoms with van der Waals surface area (Å²) in [6, 6.07) is 2.89. The normalized spacial score (nSPS) is 13.0. The Labute approximate surface area is 123 Å². The first-order valence-electron chi connectivity index (χ1n) is 6.37. The highest BCUT2D eigenvalue weighted by molar-refractivity contribution is 7.89. The lowest BCUT2D eigenvalue weighted by Crippen LogP contribution is -2.38. The van der Waals surface area contributed by atoms with Crippen LogP contribution in [0.1, 0.15) is 19.8 Å². The Kier molecular flexibility index (Phi) is 6.06. The Morgan fingerprint density at radius 2 is 2.14 bits per heavy atom. The summed E-state index contributed by atoms with van der Waals surface area (Å²) in [6.07, 6.45) is 1.40. The van der Waals surface area contributed by atoms with Crippen LogP contribution in [0.4, 0.5) is 11.4 Å². The minimum atomic E-state index is -3.85. The molecule has 0 spiro atoms. The van der Waals surface area contributed by atoms with Gasteiger partial charge in [0.2, 0.25) is 10.0 Å². The molecule has 0 aromatic heterocycles. The van der Waals surface area contributed by atoms with Gasteiger partial charge in [-0.25, -0.2) is 13.1 Å². The van der Waals surface area contributed by atoms with Crippen LogP contribution in [0.25, 0.3) is 0 Å². The highest BCUT2D eigenvalue weighted by atomic mass is 32.2. The molecule has 0 heterocycles. The molecule has 3 N–H and O–H groups in total. The third-order valence-electron chi connectivity index (χ3n) is 2.82. The number of nitro groups is 1. The molecule has 1 aromatic carbocycles. The van der Waals surface area contributed by atoms with Crippen molar-refractivity contribution < 1.29 is 18.1 Å². The number of rotatable bonds is 8. The number of nitrogens with two attached hydrogens (primary N) is 1. The minimum Gasteiger partial charge on any atom is -0.397 e. The number of sulfonamides is 1. The summed E-state index contributed by atoms with van der Waals surface area (Å²) in [4.78, 5) is 9.82. The zero-order chi connectivity index (χ0) is 16.0. The van der Waals surface area contributed by atoms with Crippen LogP contribution < -0.4 is 10.5 Å². The van der Waals surface area contributed by atoms with E-state index in [2.05, 4.69) is 4.72 Å². The molecule has 1 aromatic rings. The summed E-state index contributed by atoms with van der Waals surface area (Å²) in [5, 5.41) is 10.6. The molecule has 0 aliphatic heterocycles. The number of nitrogens with one attached hydrogen (secondary N) is 1. The molecular formula is C12H19N3O5S. The summed E-state index contributed by atoms with van der Waals surface area (Å²) in [6.45, 7) is 2.16. The fraction of sp³-hybridized carbons (Fsp3) is 0.500. The van der Waals surface area contributed by atoms with E-state index in [0.29, 0.717) is 6.42 Å². The highest BCUT2D eigenvalue weighted by Gasteiger charge is 2.23. The van der Waals surface area contributed by atoms with E-state index in [1.165, 1.54) is 7.11 Å². The summed E-state index contributed by atoms with van der Waals surface area (Å²) in [5.41, 5.74) is 5.20. The fourth-order valence-corrected chi connectivity index (χ4v) is 3.27. The lowest BCUT2D eigenvalue weighted by Gasteiger charge is -2.17. The van der Waals surface area contributed by atoms with Gasteiger partial charge in [0.25, 0.3) is 5.69 Å². The van der Waals surface area contributed by atoms with Crippen molar-refractivity contribution in [1.82, 2.24) is 4.72 Å². The molecule has 118 valence electrons. The molecule has 8 nitrogen and oxygen atoms in total. The summed E-state index contributed by atoms with van der Waals surface area (Å²) in [7, 11) is -2.37. The van der Waals surface area contributed by atoms with Crippen LogP contribution in [0.5, 0.6) is 0 Å². The topological polar surface area (TPSA) is 125 Å². The molecule has 0 aliphatic carbocycles. The van der Waals surface area contributed by atoms with Crippen LogP contribution in [-0.2, 0) is 14.8 Å². The third-order valence-corrected chi connectivity index (χ3v) is 4.41. The second-order valence-electron chi connectivity index (χ2n) is 4.54. The Balaban J connectivity index is 3.04. The standard InChI is InChI=1S/C12H19N3O5S/c1-3-4-9(8-20-2)14-21(18,19)12-6-5-10(15(16)17)7-11(12)13/h5-7,9,14H,3-4,8,13H2,1-2H3. The van der Waals surface area contributed by atoms with E-state index < -0.39 is 14.9 Å². The summed E-state index contributed by atoms with van der Waals surface area (Å²) < 4.78 is 32.0. The molecule has 0 aliphatic rings. The lowest BCUT2D eigenvalue weighted by atomic mass is 10.2. The van der Waals surface area contributed by atoms with Crippen molar-refractivity contribution in [2.75, 3.05) is 19.5 Å². The molecule has 9 heteroatoms. The maximum atomic E-state index is 12.3. The number of methoxy groups -OCH3 is 1. The van der Waals surface area contributed by atoms with Crippen molar-refractivity contribution in [3.05, 3.63) is 28.3 Å². The smallest absolute Gasteiger partial charge is 0.271 e. The monoisotopic (exact) mass is 317 g/mol. The summed E-state index contributed by atoms with van der Waals surface area (Å²) in [5.74, 6) is 0. The van der Waals surface area contributed by atoms with E-state index in [4.69, 9.17) is 10.5 Å². The van der Waals surface area contributed by atoms with Crippen LogP contribution in [0.3, 0.4) is 0 Å². The largest absolute Gasteiger partial charge is 0.397 e. The van der Waals surface area contributed by atoms with E-state index in [9.17, 15) is 18.5 Å². The van der Waals surface area contributed by atoms with Gasteiger partial charge in [0.05, 0.1) is 17.2 Å². The van der Waals surface area contributed by atoms with Gasteiger partial charge in [-0.3, -0.25) is 10.1 Å². The van der Waals surface area contributed by atoms with Gasteiger partial charge in [0.15, 0.2) is 0 Å². The van der Waals surface area contributed by atoms with Crippen LogP contribution >= 0.6 is 0 Å². The molecule has 0 radical (unpaired) electrons. The van der Waals surface area contributed by atoms with Crippen molar-refractivity contribution in [3.63, 3.8) is 0 Å². The van der Waals surface area contributed by atoms with Crippen molar-refractivity contribution in [3.8, 4) is 0 Å². The molecule has 21 heavy (non-hydrogen) atoms. The molecule has 0 bridgehead atoms. The Morgan fingerprint density at radius 3 is 2.62 bits per heavy atom. The van der Waals surface area contributed by atoms with Crippen molar-refractivity contribution in [2.45, 2.75) is 30.7 Å². The van der Waals surface area contributed by atoms with Gasteiger partial charge >= 0.3 is 0 Å². The third kappa shape index (κ3) is 4.66. The number of nitrogen functional groups attached to an aromatic ring is 1. The fourth-order valence-electron chi connectivity index (χ4n) is 1.90. The van der Waals surface area contributed by atoms with Crippen LogP contribution in [0, 0.1) is 10.1 Å². The first kappa shape index (κ1) is 17.3. The Morgan fingerprint density at radius 1 is 1.48 bits per heavy atom. The number of hydrogen-bond donors (Lipinski definition) is 2. The van der Waals surface area contributed by atoms with Crippen LogP contribution in [-0.4, -0.2) is 33.1 Å². The predicted octanol–water partition coefficient (Wildman–Crippen LogP) is 1.27. The predicted molar refractivity (Wildman–Crippen MR) is 78.4 cm³/mol. The van der Waals surface area contributed by atoms with E-state index in [0.717, 1.165) is 24.6 Å². The maximum Gasteiger partial charge on any atom is 0.271 e. The first-order chi connectivity index (χ1) is 9.81. The van der Waals surface area contributed by atoms with Gasteiger partial charge in [-0.05, 0) is 12.5 Å². The average Bonchev–Trinajstić information content (AvgIpc) is 2.38. The molecule has 1 unspecified atom stereocenters. The molecule has 0 saturated carbocycles. The number of benzene rings is 1. The Hall–Kier alpha value is -1.71. The van der Waals surface area contributed by atoms with E-state index in [1.807, 2.05) is 6.92 Å². The molecule has 0 amide bonds. The van der Waals surface area contributed by atoms with Crippen molar-refractivity contribution in [2.24, 2.45) is 0 Å². The zero-order valence-electron chi connectivity index (χ0n) is 11.9. The number of nitrogens with zero attached hydrogens (tertiary/aromatic N) is 1. The second-order valence-corrected chi connectivity index (χ2v) is 6.22. The van der Waals surface area contributed by atoms with Gasteiger partial charge in [0.1, 0.15) is 4.90 Å². The van der Waals surface area contributed by atoms with Gasteiger partial charge in [-0.1, -0.05) is 13.3 Å². The Bertz CT molecular complexity index is 597. The number of nitro benzene ring substituents is 1. The number of ether oxygens (including phenoxy) is 1. The van der Waals surface area contributed by atoms with Gasteiger partial charge < -0.3 is 10.5 Å². The van der Waals surface area contributed by atoms with Crippen LogP contribution in [0.2, 0.25) is 0 Å². The molecule has 0 fully saturated rings.